The van der Waals surface area contributed by atoms with Crippen molar-refractivity contribution in [2.24, 2.45) is 0 Å². The number of phenols is 1. The van der Waals surface area contributed by atoms with Crippen LogP contribution in [0.25, 0.3) is 11.1 Å². The summed E-state index contributed by atoms with van der Waals surface area (Å²) in [6.07, 6.45) is 0.0646. The highest BCUT2D eigenvalue weighted by Crippen LogP contribution is 2.28. The molecule has 11 heteroatoms. The van der Waals surface area contributed by atoms with Crippen LogP contribution in [0.1, 0.15) is 11.7 Å². The number of hydrogen-bond acceptors (Lipinski definition) is 8. The second-order valence-corrected chi connectivity index (χ2v) is 9.70. The summed E-state index contributed by atoms with van der Waals surface area (Å²) in [5.41, 5.74) is 2.36. The lowest BCUT2D eigenvalue weighted by Crippen LogP contribution is -2.26. The third-order valence-corrected chi connectivity index (χ3v) is 5.58. The van der Waals surface area contributed by atoms with Gasteiger partial charge in [0.25, 0.3) is 0 Å². The van der Waals surface area contributed by atoms with Gasteiger partial charge in [-0.05, 0) is 53.1 Å². The molecule has 0 amide bonds. The van der Waals surface area contributed by atoms with Crippen LogP contribution in [0.2, 0.25) is 0 Å². The number of aromatic hydroxyl groups is 1. The van der Waals surface area contributed by atoms with Crippen molar-refractivity contribution in [3.63, 3.8) is 0 Å². The number of rotatable bonds is 13. The molecule has 0 saturated heterocycles. The first-order valence-electron chi connectivity index (χ1n) is 11.0. The lowest BCUT2D eigenvalue weighted by molar-refractivity contribution is -0.139. The zero-order chi connectivity index (χ0) is 26.1. The summed E-state index contributed by atoms with van der Waals surface area (Å²) >= 11 is 0. The Morgan fingerprint density at radius 2 is 1.53 bits per heavy atom. The van der Waals surface area contributed by atoms with Crippen LogP contribution in [0.5, 0.6) is 17.2 Å². The Labute approximate surface area is 209 Å². The van der Waals surface area contributed by atoms with Crippen molar-refractivity contribution in [2.75, 3.05) is 37.3 Å². The summed E-state index contributed by atoms with van der Waals surface area (Å²) in [4.78, 5) is 10.6. The second kappa shape index (κ2) is 12.2. The molecular weight excluding hydrogens is 488 g/mol. The molecule has 5 N–H and O–H groups in total. The summed E-state index contributed by atoms with van der Waals surface area (Å²) in [7, 11) is -3.56. The molecule has 10 nitrogen and oxygen atoms in total. The van der Waals surface area contributed by atoms with E-state index in [4.69, 9.17) is 14.6 Å². The van der Waals surface area contributed by atoms with Gasteiger partial charge in [0, 0.05) is 13.1 Å². The van der Waals surface area contributed by atoms with Gasteiger partial charge in [-0.3, -0.25) is 4.72 Å². The van der Waals surface area contributed by atoms with Crippen LogP contribution in [0, 0.1) is 0 Å². The summed E-state index contributed by atoms with van der Waals surface area (Å²) < 4.78 is 35.9. The fourth-order valence-corrected chi connectivity index (χ4v) is 3.84. The van der Waals surface area contributed by atoms with E-state index in [-0.39, 0.29) is 24.6 Å². The van der Waals surface area contributed by atoms with Crippen LogP contribution in [0.4, 0.5) is 5.69 Å². The minimum atomic E-state index is -3.56. The van der Waals surface area contributed by atoms with Crippen molar-refractivity contribution in [1.29, 1.82) is 0 Å². The molecule has 0 unspecified atom stereocenters. The maximum atomic E-state index is 11.4. The van der Waals surface area contributed by atoms with Gasteiger partial charge in [-0.2, -0.15) is 0 Å². The number of phenolic OH excluding ortho intramolecular Hbond substituents is 1. The van der Waals surface area contributed by atoms with Gasteiger partial charge in [-0.1, -0.05) is 30.3 Å². The summed E-state index contributed by atoms with van der Waals surface area (Å²) in [6.45, 7) is 0.638. The van der Waals surface area contributed by atoms with E-state index in [1.54, 1.807) is 12.1 Å². The predicted molar refractivity (Wildman–Crippen MR) is 135 cm³/mol. The molecular formula is C25H28N2O8S. The molecule has 3 aromatic rings. The lowest BCUT2D eigenvalue weighted by Gasteiger charge is -2.15. The van der Waals surface area contributed by atoms with Crippen LogP contribution in [-0.4, -0.2) is 62.3 Å². The first-order valence-corrected chi connectivity index (χ1v) is 12.9. The number of ether oxygens (including phenoxy) is 2. The van der Waals surface area contributed by atoms with E-state index in [0.29, 0.717) is 30.2 Å². The Bertz CT molecular complexity index is 1260. The van der Waals surface area contributed by atoms with Crippen molar-refractivity contribution in [2.45, 2.75) is 6.10 Å². The highest BCUT2D eigenvalue weighted by molar-refractivity contribution is 7.92. The van der Waals surface area contributed by atoms with Crippen LogP contribution in [0.3, 0.4) is 0 Å². The van der Waals surface area contributed by atoms with Crippen molar-refractivity contribution >= 4 is 21.7 Å². The van der Waals surface area contributed by atoms with Gasteiger partial charge in [-0.15, -0.1) is 0 Å². The molecule has 0 bridgehead atoms. The number of aliphatic hydroxyl groups is 1. The third-order valence-electron chi connectivity index (χ3n) is 4.99. The maximum absolute atomic E-state index is 11.4. The summed E-state index contributed by atoms with van der Waals surface area (Å²) in [5, 5.41) is 31.9. The second-order valence-electron chi connectivity index (χ2n) is 7.95. The van der Waals surface area contributed by atoms with E-state index in [0.717, 1.165) is 17.4 Å². The zero-order valence-corrected chi connectivity index (χ0v) is 20.4. The van der Waals surface area contributed by atoms with Crippen LogP contribution in [-0.2, 0) is 14.8 Å². The standard InChI is InChI=1S/C25H28N2O8S/c1-36(32,33)27-22-14-19(6-11-23(22)28)24(29)15-26-12-13-34-20-7-2-17(3-8-20)18-4-9-21(10-5-18)35-16-25(30)31/h2-11,14,24,26-29H,12-13,15-16H2,1H3,(H,30,31)/t24-/m1/s1. The highest BCUT2D eigenvalue weighted by Gasteiger charge is 2.13. The number of benzene rings is 3. The fraction of sp³-hybridized carbons (Fsp3) is 0.240. The van der Waals surface area contributed by atoms with Gasteiger partial charge in [0.05, 0.1) is 18.0 Å². The van der Waals surface area contributed by atoms with E-state index in [1.165, 1.54) is 18.2 Å². The lowest BCUT2D eigenvalue weighted by atomic mass is 10.1. The van der Waals surface area contributed by atoms with Crippen LogP contribution < -0.4 is 19.5 Å². The SMILES string of the molecule is CS(=O)(=O)Nc1cc([C@H](O)CNCCOc2ccc(-c3ccc(OCC(=O)O)cc3)cc2)ccc1O. The van der Waals surface area contributed by atoms with Gasteiger partial charge in [0.2, 0.25) is 10.0 Å². The number of aliphatic carboxylic acids is 1. The number of carboxylic acids is 1. The number of anilines is 1. The number of carbonyl (C=O) groups is 1. The summed E-state index contributed by atoms with van der Waals surface area (Å²) in [5.74, 6) is -0.102. The molecule has 192 valence electrons. The topological polar surface area (TPSA) is 154 Å². The average molecular weight is 517 g/mol. The van der Waals surface area contributed by atoms with Crippen molar-refractivity contribution in [3.8, 4) is 28.4 Å². The van der Waals surface area contributed by atoms with Gasteiger partial charge in [0.15, 0.2) is 6.61 Å². The number of nitrogens with one attached hydrogen (secondary N) is 2. The Morgan fingerprint density at radius 1 is 0.944 bits per heavy atom. The zero-order valence-electron chi connectivity index (χ0n) is 19.5. The summed E-state index contributed by atoms with van der Waals surface area (Å²) in [6, 6.07) is 18.8. The van der Waals surface area contributed by atoms with Crippen LogP contribution in [0.15, 0.2) is 66.7 Å². The molecule has 0 saturated carbocycles. The quantitative estimate of drug-likeness (QED) is 0.170. The van der Waals surface area contributed by atoms with Crippen LogP contribution >= 0.6 is 0 Å². The molecule has 36 heavy (non-hydrogen) atoms. The van der Waals surface area contributed by atoms with Crippen molar-refractivity contribution < 1.29 is 38.0 Å². The molecule has 0 aliphatic heterocycles. The van der Waals surface area contributed by atoms with Gasteiger partial charge < -0.3 is 30.1 Å². The number of carboxylic acid groups (broad SMARTS) is 1. The Hall–Kier alpha value is -3.80. The van der Waals surface area contributed by atoms with E-state index < -0.39 is 22.1 Å². The van der Waals surface area contributed by atoms with E-state index in [1.807, 2.05) is 36.4 Å². The molecule has 0 fully saturated rings. The Kier molecular flexibility index (Phi) is 9.12. The average Bonchev–Trinajstić information content (AvgIpc) is 2.83. The minimum absolute atomic E-state index is 0.00305. The molecule has 3 aromatic carbocycles. The van der Waals surface area contributed by atoms with E-state index in [2.05, 4.69) is 10.0 Å². The largest absolute Gasteiger partial charge is 0.506 e. The molecule has 0 aromatic heterocycles. The number of aliphatic hydroxyl groups excluding tert-OH is 1. The van der Waals surface area contributed by atoms with E-state index in [9.17, 15) is 23.4 Å². The van der Waals surface area contributed by atoms with Crippen molar-refractivity contribution in [3.05, 3.63) is 72.3 Å². The first-order chi connectivity index (χ1) is 17.1. The molecule has 0 radical (unpaired) electrons. The number of sulfonamides is 1. The van der Waals surface area contributed by atoms with Gasteiger partial charge in [-0.25, -0.2) is 13.2 Å². The van der Waals surface area contributed by atoms with Gasteiger partial charge in [0.1, 0.15) is 23.9 Å². The monoisotopic (exact) mass is 516 g/mol. The minimum Gasteiger partial charge on any atom is -0.506 e. The molecule has 0 heterocycles. The third kappa shape index (κ3) is 8.45. The first kappa shape index (κ1) is 26.8. The smallest absolute Gasteiger partial charge is 0.341 e. The normalized spacial score (nSPS) is 12.1. The Morgan fingerprint density at radius 3 is 2.08 bits per heavy atom. The molecule has 0 aliphatic carbocycles. The highest BCUT2D eigenvalue weighted by atomic mass is 32.2. The molecule has 3 rings (SSSR count). The maximum Gasteiger partial charge on any atom is 0.341 e. The van der Waals surface area contributed by atoms with E-state index >= 15 is 0 Å². The molecule has 0 aliphatic rings. The predicted octanol–water partition coefficient (Wildman–Crippen LogP) is 2.60. The van der Waals surface area contributed by atoms with Crippen molar-refractivity contribution in [1.82, 2.24) is 5.32 Å². The number of hydrogen-bond donors (Lipinski definition) is 5. The molecule has 0 spiro atoms. The Balaban J connectivity index is 1.43. The molecule has 1 atom stereocenters. The van der Waals surface area contributed by atoms with Gasteiger partial charge >= 0.3 is 5.97 Å². The fourth-order valence-electron chi connectivity index (χ4n) is 3.27.